The van der Waals surface area contributed by atoms with Gasteiger partial charge in [0.25, 0.3) is 5.91 Å². The van der Waals surface area contributed by atoms with Crippen LogP contribution in [0.25, 0.3) is 11.4 Å². The van der Waals surface area contributed by atoms with Crippen LogP contribution >= 0.6 is 15.2 Å². The standard InChI is InChI=1S/C26H30N4O9P2/c1-16-3-5-27-22(7-16)23-11-19(4-6-28-23)25(31)29-20-12-24(26(32)39-2)30(13-20)21-9-17(14-40(33,34)35)8-18(10-21)15-41(36,37)38/h3-11,20,24H,12-15H2,1-2H3,(H,29,31)(H2,33,34,35)(H2,36,37,38). The van der Waals surface area contributed by atoms with E-state index in [1.165, 1.54) is 31.5 Å². The molecule has 2 aromatic heterocycles. The first-order chi connectivity index (χ1) is 19.2. The molecule has 1 saturated heterocycles. The molecule has 1 aliphatic heterocycles. The molecule has 0 radical (unpaired) electrons. The summed E-state index contributed by atoms with van der Waals surface area (Å²) >= 11 is 0. The number of nitrogens with one attached hydrogen (secondary N) is 1. The number of aryl methyl sites for hydroxylation is 1. The first-order valence-electron chi connectivity index (χ1n) is 12.5. The molecule has 3 aromatic rings. The maximum Gasteiger partial charge on any atom is 0.329 e. The first kappa shape index (κ1) is 30.5. The summed E-state index contributed by atoms with van der Waals surface area (Å²) in [5, 5.41) is 2.91. The van der Waals surface area contributed by atoms with E-state index < -0.39 is 51.5 Å². The molecule has 1 aliphatic rings. The van der Waals surface area contributed by atoms with Crippen LogP contribution in [0.2, 0.25) is 0 Å². The third-order valence-corrected chi connectivity index (χ3v) is 8.01. The number of methoxy groups -OCH3 is 1. The zero-order valence-corrected chi connectivity index (χ0v) is 24.0. The predicted octanol–water partition coefficient (Wildman–Crippen LogP) is 2.36. The Morgan fingerprint density at radius 2 is 1.54 bits per heavy atom. The maximum absolute atomic E-state index is 13.2. The molecule has 15 heteroatoms. The predicted molar refractivity (Wildman–Crippen MR) is 149 cm³/mol. The van der Waals surface area contributed by atoms with Crippen molar-refractivity contribution in [2.75, 3.05) is 18.6 Å². The lowest BCUT2D eigenvalue weighted by molar-refractivity contribution is -0.142. The molecular formula is C26H30N4O9P2. The molecule has 41 heavy (non-hydrogen) atoms. The van der Waals surface area contributed by atoms with Crippen LogP contribution in [-0.4, -0.2) is 67.2 Å². The van der Waals surface area contributed by atoms with Crippen molar-refractivity contribution in [3.05, 3.63) is 77.1 Å². The third kappa shape index (κ3) is 8.29. The van der Waals surface area contributed by atoms with Crippen molar-refractivity contribution >= 4 is 32.8 Å². The first-order valence-corrected chi connectivity index (χ1v) is 16.1. The lowest BCUT2D eigenvalue weighted by Gasteiger charge is -2.26. The van der Waals surface area contributed by atoms with E-state index >= 15 is 0 Å². The van der Waals surface area contributed by atoms with Gasteiger partial charge in [0.2, 0.25) is 0 Å². The quantitative estimate of drug-likeness (QED) is 0.177. The Morgan fingerprint density at radius 1 is 0.951 bits per heavy atom. The van der Waals surface area contributed by atoms with Gasteiger partial charge in [-0.2, -0.15) is 0 Å². The highest BCUT2D eigenvalue weighted by atomic mass is 31.2. The van der Waals surface area contributed by atoms with Crippen LogP contribution in [-0.2, 0) is 31.0 Å². The molecule has 0 bridgehead atoms. The summed E-state index contributed by atoms with van der Waals surface area (Å²) in [5.41, 5.74) is 3.04. The van der Waals surface area contributed by atoms with E-state index in [1.54, 1.807) is 23.2 Å². The minimum absolute atomic E-state index is 0.123. The molecule has 3 heterocycles. The average Bonchev–Trinajstić information content (AvgIpc) is 3.30. The van der Waals surface area contributed by atoms with Crippen molar-refractivity contribution in [2.24, 2.45) is 0 Å². The van der Waals surface area contributed by atoms with E-state index in [0.717, 1.165) is 5.56 Å². The van der Waals surface area contributed by atoms with Crippen LogP contribution in [0, 0.1) is 6.92 Å². The molecule has 1 fully saturated rings. The number of anilines is 1. The van der Waals surface area contributed by atoms with Crippen LogP contribution in [0.1, 0.15) is 33.5 Å². The number of benzene rings is 1. The Hall–Kier alpha value is -3.44. The average molecular weight is 604 g/mol. The number of nitrogens with zero attached hydrogens (tertiary/aromatic N) is 3. The van der Waals surface area contributed by atoms with Gasteiger partial charge in [-0.3, -0.25) is 23.9 Å². The molecule has 218 valence electrons. The normalized spacial score (nSPS) is 17.4. The molecule has 2 unspecified atom stereocenters. The Balaban J connectivity index is 1.61. The molecule has 1 aromatic carbocycles. The fourth-order valence-electron chi connectivity index (χ4n) is 4.81. The van der Waals surface area contributed by atoms with Crippen LogP contribution in [0.3, 0.4) is 0 Å². The number of aromatic nitrogens is 2. The summed E-state index contributed by atoms with van der Waals surface area (Å²) in [7, 11) is -7.81. The number of hydrogen-bond acceptors (Lipinski definition) is 8. The summed E-state index contributed by atoms with van der Waals surface area (Å²) in [6.07, 6.45) is 1.99. The molecule has 0 saturated carbocycles. The SMILES string of the molecule is COC(=O)C1CC(NC(=O)c2ccnc(-c3cc(C)ccn3)c2)CN1c1cc(CP(=O)(O)O)cc(CP(=O)(O)O)c1. The summed E-state index contributed by atoms with van der Waals surface area (Å²) in [6.45, 7) is 2.04. The number of carbonyl (C=O) groups is 2. The third-order valence-electron chi connectivity index (χ3n) is 6.46. The van der Waals surface area contributed by atoms with Crippen LogP contribution in [0.4, 0.5) is 5.69 Å². The minimum atomic E-state index is -4.52. The second kappa shape index (κ2) is 12.2. The topological polar surface area (TPSA) is 199 Å². The lowest BCUT2D eigenvalue weighted by Crippen LogP contribution is -2.38. The number of rotatable bonds is 9. The summed E-state index contributed by atoms with van der Waals surface area (Å²) in [4.78, 5) is 74.1. The van der Waals surface area contributed by atoms with E-state index in [0.29, 0.717) is 22.6 Å². The van der Waals surface area contributed by atoms with Gasteiger partial charge in [-0.05, 0) is 60.0 Å². The molecule has 5 N–H and O–H groups in total. The summed E-state index contributed by atoms with van der Waals surface area (Å²) in [6, 6.07) is 9.68. The second-order valence-corrected chi connectivity index (χ2v) is 13.2. The van der Waals surface area contributed by atoms with Gasteiger partial charge >= 0.3 is 21.2 Å². The Bertz CT molecular complexity index is 1510. The molecule has 2 atom stereocenters. The number of carbonyl (C=O) groups excluding carboxylic acids is 2. The molecule has 0 spiro atoms. The molecule has 1 amide bonds. The Morgan fingerprint density at radius 3 is 2.10 bits per heavy atom. The highest BCUT2D eigenvalue weighted by Gasteiger charge is 2.39. The molecule has 4 rings (SSSR count). The van der Waals surface area contributed by atoms with Crippen molar-refractivity contribution in [1.82, 2.24) is 15.3 Å². The molecular weight excluding hydrogens is 574 g/mol. The van der Waals surface area contributed by atoms with Crippen molar-refractivity contribution < 1.29 is 43.0 Å². The monoisotopic (exact) mass is 604 g/mol. The zero-order chi connectivity index (χ0) is 29.9. The largest absolute Gasteiger partial charge is 0.467 e. The van der Waals surface area contributed by atoms with Gasteiger partial charge in [-0.1, -0.05) is 6.07 Å². The number of esters is 1. The van der Waals surface area contributed by atoms with E-state index in [4.69, 9.17) is 4.74 Å². The number of ether oxygens (including phenoxy) is 1. The van der Waals surface area contributed by atoms with Gasteiger partial charge in [-0.15, -0.1) is 0 Å². The summed E-state index contributed by atoms with van der Waals surface area (Å²) in [5.74, 6) is -1.01. The van der Waals surface area contributed by atoms with E-state index in [2.05, 4.69) is 15.3 Å². The van der Waals surface area contributed by atoms with E-state index in [1.807, 2.05) is 19.1 Å². The van der Waals surface area contributed by atoms with Crippen LogP contribution in [0.15, 0.2) is 54.9 Å². The molecule has 13 nitrogen and oxygen atoms in total. The van der Waals surface area contributed by atoms with Gasteiger partial charge in [0, 0.05) is 42.7 Å². The zero-order valence-electron chi connectivity index (χ0n) is 22.2. The number of amides is 1. The maximum atomic E-state index is 13.2. The van der Waals surface area contributed by atoms with Crippen molar-refractivity contribution in [1.29, 1.82) is 0 Å². The smallest absolute Gasteiger partial charge is 0.329 e. The number of hydrogen-bond donors (Lipinski definition) is 5. The number of pyridine rings is 2. The highest BCUT2D eigenvalue weighted by molar-refractivity contribution is 7.51. The van der Waals surface area contributed by atoms with Gasteiger partial charge in [0.05, 0.1) is 30.8 Å². The van der Waals surface area contributed by atoms with Crippen LogP contribution < -0.4 is 10.2 Å². The minimum Gasteiger partial charge on any atom is -0.467 e. The fraction of sp³-hybridized carbons (Fsp3) is 0.308. The fourth-order valence-corrected chi connectivity index (χ4v) is 6.13. The lowest BCUT2D eigenvalue weighted by atomic mass is 10.1. The van der Waals surface area contributed by atoms with Crippen LogP contribution in [0.5, 0.6) is 0 Å². The van der Waals surface area contributed by atoms with E-state index in [9.17, 15) is 38.3 Å². The Labute approximate surface area is 235 Å². The van der Waals surface area contributed by atoms with E-state index in [-0.39, 0.29) is 24.1 Å². The second-order valence-electron chi connectivity index (χ2n) is 9.90. The van der Waals surface area contributed by atoms with Crippen molar-refractivity contribution in [3.63, 3.8) is 0 Å². The Kier molecular flexibility index (Phi) is 9.08. The van der Waals surface area contributed by atoms with Crippen molar-refractivity contribution in [2.45, 2.75) is 37.8 Å². The summed E-state index contributed by atoms with van der Waals surface area (Å²) < 4.78 is 28.3. The van der Waals surface area contributed by atoms with Crippen molar-refractivity contribution in [3.8, 4) is 11.4 Å². The highest BCUT2D eigenvalue weighted by Crippen LogP contribution is 2.43. The molecule has 0 aliphatic carbocycles. The van der Waals surface area contributed by atoms with Gasteiger partial charge in [-0.25, -0.2) is 4.79 Å². The van der Waals surface area contributed by atoms with Gasteiger partial charge in [0.15, 0.2) is 0 Å². The van der Waals surface area contributed by atoms with Gasteiger partial charge < -0.3 is 34.5 Å². The van der Waals surface area contributed by atoms with Gasteiger partial charge in [0.1, 0.15) is 6.04 Å².